The number of aryl methyl sites for hydroxylation is 1. The van der Waals surface area contributed by atoms with E-state index in [1.165, 1.54) is 24.8 Å². The average molecular weight is 262 g/mol. The van der Waals surface area contributed by atoms with Crippen molar-refractivity contribution in [3.63, 3.8) is 0 Å². The fourth-order valence-corrected chi connectivity index (χ4v) is 1.93. The summed E-state index contributed by atoms with van der Waals surface area (Å²) in [6.07, 6.45) is 4.85. The summed E-state index contributed by atoms with van der Waals surface area (Å²) in [7, 11) is 0. The molecule has 2 heteroatoms. The van der Waals surface area contributed by atoms with Crippen LogP contribution in [0.3, 0.4) is 0 Å². The Morgan fingerprint density at radius 2 is 2.08 bits per heavy atom. The van der Waals surface area contributed by atoms with Crippen molar-refractivity contribution in [3.05, 3.63) is 33.3 Å². The molecule has 0 fully saturated rings. The van der Waals surface area contributed by atoms with Gasteiger partial charge >= 0.3 is 0 Å². The van der Waals surface area contributed by atoms with E-state index in [9.17, 15) is 0 Å². The van der Waals surface area contributed by atoms with Crippen molar-refractivity contribution in [1.82, 2.24) is 0 Å². The van der Waals surface area contributed by atoms with E-state index in [4.69, 9.17) is 11.6 Å². The lowest BCUT2D eigenvalue weighted by atomic mass is 10.1. The molecule has 0 radical (unpaired) electrons. The predicted molar refractivity (Wildman–Crippen MR) is 62.4 cm³/mol. The molecule has 0 heterocycles. The van der Waals surface area contributed by atoms with E-state index in [2.05, 4.69) is 28.9 Å². The highest BCUT2D eigenvalue weighted by Crippen LogP contribution is 2.27. The standard InChI is InChI=1S/C11H14BrCl/c1-2-3-4-6-9-7-5-8-10(12)11(9)13/h5,7-8H,2-4,6H2,1H3. The van der Waals surface area contributed by atoms with E-state index in [1.807, 2.05) is 12.1 Å². The molecule has 0 saturated carbocycles. The van der Waals surface area contributed by atoms with Gasteiger partial charge < -0.3 is 0 Å². The third kappa shape index (κ3) is 3.32. The molecular weight excluding hydrogens is 247 g/mol. The summed E-state index contributed by atoms with van der Waals surface area (Å²) in [5, 5.41) is 0.874. The lowest BCUT2D eigenvalue weighted by molar-refractivity contribution is 0.717. The Morgan fingerprint density at radius 3 is 2.77 bits per heavy atom. The highest BCUT2D eigenvalue weighted by atomic mass is 79.9. The Kier molecular flexibility index (Phi) is 4.82. The van der Waals surface area contributed by atoms with Gasteiger partial charge in [0.2, 0.25) is 0 Å². The van der Waals surface area contributed by atoms with E-state index in [0.717, 1.165) is 15.9 Å². The second-order valence-electron chi connectivity index (χ2n) is 3.17. The van der Waals surface area contributed by atoms with Gasteiger partial charge in [-0.25, -0.2) is 0 Å². The normalized spacial score (nSPS) is 10.4. The summed E-state index contributed by atoms with van der Waals surface area (Å²) in [5.74, 6) is 0. The summed E-state index contributed by atoms with van der Waals surface area (Å²) >= 11 is 9.55. The molecule has 1 aromatic carbocycles. The predicted octanol–water partition coefficient (Wildman–Crippen LogP) is 4.84. The Hall–Kier alpha value is -0.0100. The van der Waals surface area contributed by atoms with Crippen LogP contribution in [-0.2, 0) is 6.42 Å². The maximum atomic E-state index is 6.13. The largest absolute Gasteiger partial charge is 0.0828 e. The van der Waals surface area contributed by atoms with Crippen LogP contribution in [0.25, 0.3) is 0 Å². The topological polar surface area (TPSA) is 0 Å². The second-order valence-corrected chi connectivity index (χ2v) is 4.40. The first-order valence-electron chi connectivity index (χ1n) is 4.68. The maximum absolute atomic E-state index is 6.13. The molecule has 1 rings (SSSR count). The van der Waals surface area contributed by atoms with E-state index < -0.39 is 0 Å². The van der Waals surface area contributed by atoms with Gasteiger partial charge in [0.1, 0.15) is 0 Å². The van der Waals surface area contributed by atoms with Gasteiger partial charge in [-0.3, -0.25) is 0 Å². The Labute approximate surface area is 93.4 Å². The summed E-state index contributed by atoms with van der Waals surface area (Å²) in [6, 6.07) is 6.12. The third-order valence-corrected chi connectivity index (χ3v) is 3.42. The Morgan fingerprint density at radius 1 is 1.31 bits per heavy atom. The van der Waals surface area contributed by atoms with Crippen molar-refractivity contribution in [1.29, 1.82) is 0 Å². The fourth-order valence-electron chi connectivity index (χ4n) is 1.31. The van der Waals surface area contributed by atoms with Crippen molar-refractivity contribution < 1.29 is 0 Å². The number of benzene rings is 1. The molecule has 0 unspecified atom stereocenters. The maximum Gasteiger partial charge on any atom is 0.0580 e. The highest BCUT2D eigenvalue weighted by Gasteiger charge is 2.02. The van der Waals surface area contributed by atoms with Crippen LogP contribution in [0, 0.1) is 0 Å². The smallest absolute Gasteiger partial charge is 0.0580 e. The van der Waals surface area contributed by atoms with Gasteiger partial charge in [-0.15, -0.1) is 0 Å². The van der Waals surface area contributed by atoms with Crippen LogP contribution < -0.4 is 0 Å². The summed E-state index contributed by atoms with van der Waals surface area (Å²) in [4.78, 5) is 0. The van der Waals surface area contributed by atoms with Crippen molar-refractivity contribution in [3.8, 4) is 0 Å². The molecule has 0 aliphatic heterocycles. The minimum Gasteiger partial charge on any atom is -0.0828 e. The van der Waals surface area contributed by atoms with Gasteiger partial charge in [-0.2, -0.15) is 0 Å². The number of halogens is 2. The van der Waals surface area contributed by atoms with Gasteiger partial charge in [0.15, 0.2) is 0 Å². The Bertz CT molecular complexity index is 271. The zero-order valence-corrected chi connectivity index (χ0v) is 10.2. The first-order valence-corrected chi connectivity index (χ1v) is 5.85. The SMILES string of the molecule is CCCCCc1cccc(Br)c1Cl. The molecular formula is C11H14BrCl. The van der Waals surface area contributed by atoms with Crippen LogP contribution in [0.5, 0.6) is 0 Å². The zero-order chi connectivity index (χ0) is 9.68. The van der Waals surface area contributed by atoms with E-state index >= 15 is 0 Å². The summed E-state index contributed by atoms with van der Waals surface area (Å²) in [6.45, 7) is 2.21. The molecule has 0 aliphatic carbocycles. The molecule has 0 spiro atoms. The van der Waals surface area contributed by atoms with E-state index in [1.54, 1.807) is 0 Å². The van der Waals surface area contributed by atoms with Crippen LogP contribution in [0.15, 0.2) is 22.7 Å². The molecule has 0 saturated heterocycles. The number of rotatable bonds is 4. The lowest BCUT2D eigenvalue weighted by Gasteiger charge is -2.04. The third-order valence-electron chi connectivity index (χ3n) is 2.08. The van der Waals surface area contributed by atoms with Crippen LogP contribution in [0.2, 0.25) is 5.02 Å². The van der Waals surface area contributed by atoms with Crippen molar-refractivity contribution in [2.75, 3.05) is 0 Å². The molecule has 0 bridgehead atoms. The Balaban J connectivity index is 2.61. The quantitative estimate of drug-likeness (QED) is 0.681. The summed E-state index contributed by atoms with van der Waals surface area (Å²) < 4.78 is 1.00. The molecule has 0 amide bonds. The molecule has 0 aromatic heterocycles. The van der Waals surface area contributed by atoms with Crippen molar-refractivity contribution in [2.24, 2.45) is 0 Å². The molecule has 0 nitrogen and oxygen atoms in total. The number of unbranched alkanes of at least 4 members (excludes halogenated alkanes) is 2. The number of hydrogen-bond donors (Lipinski definition) is 0. The monoisotopic (exact) mass is 260 g/mol. The fraction of sp³-hybridized carbons (Fsp3) is 0.455. The minimum atomic E-state index is 0.874. The second kappa shape index (κ2) is 5.66. The molecule has 13 heavy (non-hydrogen) atoms. The first kappa shape index (κ1) is 11.1. The van der Waals surface area contributed by atoms with Crippen LogP contribution in [0.1, 0.15) is 31.7 Å². The lowest BCUT2D eigenvalue weighted by Crippen LogP contribution is -1.87. The average Bonchev–Trinajstić information content (AvgIpc) is 2.13. The van der Waals surface area contributed by atoms with Crippen LogP contribution in [0.4, 0.5) is 0 Å². The molecule has 0 atom stereocenters. The van der Waals surface area contributed by atoms with Gasteiger partial charge in [0.25, 0.3) is 0 Å². The first-order chi connectivity index (χ1) is 6.25. The van der Waals surface area contributed by atoms with Crippen molar-refractivity contribution in [2.45, 2.75) is 32.6 Å². The van der Waals surface area contributed by atoms with Gasteiger partial charge in [0.05, 0.1) is 5.02 Å². The van der Waals surface area contributed by atoms with Gasteiger partial charge in [-0.1, -0.05) is 43.5 Å². The van der Waals surface area contributed by atoms with Crippen LogP contribution in [-0.4, -0.2) is 0 Å². The van der Waals surface area contributed by atoms with Gasteiger partial charge in [-0.05, 0) is 40.4 Å². The molecule has 0 N–H and O–H groups in total. The molecule has 72 valence electrons. The number of hydrogen-bond acceptors (Lipinski definition) is 0. The minimum absolute atomic E-state index is 0.874. The van der Waals surface area contributed by atoms with Crippen LogP contribution >= 0.6 is 27.5 Å². The highest BCUT2D eigenvalue weighted by molar-refractivity contribution is 9.10. The molecule has 1 aromatic rings. The van der Waals surface area contributed by atoms with E-state index in [-0.39, 0.29) is 0 Å². The van der Waals surface area contributed by atoms with E-state index in [0.29, 0.717) is 0 Å². The van der Waals surface area contributed by atoms with Gasteiger partial charge in [0, 0.05) is 4.47 Å². The van der Waals surface area contributed by atoms with Crippen molar-refractivity contribution >= 4 is 27.5 Å². The summed E-state index contributed by atoms with van der Waals surface area (Å²) in [5.41, 5.74) is 1.25. The zero-order valence-electron chi connectivity index (χ0n) is 7.82. The molecule has 0 aliphatic rings.